The third-order valence-electron chi connectivity index (χ3n) is 2.30. The molecule has 1 heterocycles. The second-order valence-electron chi connectivity index (χ2n) is 4.38. The van der Waals surface area contributed by atoms with Crippen molar-refractivity contribution in [2.45, 2.75) is 19.9 Å². The zero-order chi connectivity index (χ0) is 11.4. The molecule has 0 aromatic carbocycles. The third-order valence-corrected chi connectivity index (χ3v) is 2.30. The highest BCUT2D eigenvalue weighted by molar-refractivity contribution is 5.23. The van der Waals surface area contributed by atoms with Crippen LogP contribution in [0.4, 0.5) is 5.95 Å². The average molecular weight is 212 g/mol. The molecule has 15 heavy (non-hydrogen) atoms. The molecule has 6 heteroatoms. The van der Waals surface area contributed by atoms with Crippen LogP contribution in [0, 0.1) is 5.92 Å². The van der Waals surface area contributed by atoms with Crippen molar-refractivity contribution in [2.75, 3.05) is 26.0 Å². The quantitative estimate of drug-likeness (QED) is 0.756. The molecule has 0 spiro atoms. The van der Waals surface area contributed by atoms with Crippen LogP contribution in [-0.4, -0.2) is 51.8 Å². The number of tetrazole rings is 1. The summed E-state index contributed by atoms with van der Waals surface area (Å²) in [5.41, 5.74) is 0. The number of hydrogen-bond donors (Lipinski definition) is 1. The van der Waals surface area contributed by atoms with E-state index < -0.39 is 0 Å². The van der Waals surface area contributed by atoms with Gasteiger partial charge < -0.3 is 10.2 Å². The van der Waals surface area contributed by atoms with E-state index in [2.05, 4.69) is 53.7 Å². The minimum atomic E-state index is 0.352. The molecule has 0 radical (unpaired) electrons. The number of hydrogen-bond acceptors (Lipinski definition) is 5. The molecule has 0 saturated carbocycles. The average Bonchev–Trinajstić information content (AvgIpc) is 2.50. The summed E-state index contributed by atoms with van der Waals surface area (Å²) in [6.07, 6.45) is 0. The lowest BCUT2D eigenvalue weighted by atomic mass is 10.0. The van der Waals surface area contributed by atoms with E-state index in [0.29, 0.717) is 12.0 Å². The van der Waals surface area contributed by atoms with Gasteiger partial charge in [0.25, 0.3) is 0 Å². The standard InChI is InChI=1S/C9H20N6/c1-7(2)8(6-14(3)4)10-9-11-12-13-15(9)5/h7-8H,6H2,1-5H3,(H,10,11,13). The van der Waals surface area contributed by atoms with Gasteiger partial charge in [-0.3, -0.25) is 0 Å². The molecule has 0 amide bonds. The van der Waals surface area contributed by atoms with Crippen LogP contribution in [0.15, 0.2) is 0 Å². The predicted molar refractivity (Wildman–Crippen MR) is 59.6 cm³/mol. The summed E-state index contributed by atoms with van der Waals surface area (Å²) in [6.45, 7) is 5.33. The van der Waals surface area contributed by atoms with Gasteiger partial charge >= 0.3 is 0 Å². The van der Waals surface area contributed by atoms with E-state index >= 15 is 0 Å². The molecule has 1 unspecified atom stereocenters. The summed E-state index contributed by atoms with van der Waals surface area (Å²) in [7, 11) is 5.95. The van der Waals surface area contributed by atoms with Crippen LogP contribution in [0.3, 0.4) is 0 Å². The van der Waals surface area contributed by atoms with E-state index in [1.807, 2.05) is 7.05 Å². The molecule has 1 N–H and O–H groups in total. The largest absolute Gasteiger partial charge is 0.349 e. The molecular weight excluding hydrogens is 192 g/mol. The second kappa shape index (κ2) is 5.06. The zero-order valence-corrected chi connectivity index (χ0v) is 10.1. The van der Waals surface area contributed by atoms with E-state index in [1.54, 1.807) is 4.68 Å². The fourth-order valence-corrected chi connectivity index (χ4v) is 1.33. The van der Waals surface area contributed by atoms with Crippen molar-refractivity contribution in [1.29, 1.82) is 0 Å². The van der Waals surface area contributed by atoms with Crippen molar-refractivity contribution < 1.29 is 0 Å². The molecule has 0 aliphatic rings. The van der Waals surface area contributed by atoms with Crippen molar-refractivity contribution in [2.24, 2.45) is 13.0 Å². The molecular formula is C9H20N6. The van der Waals surface area contributed by atoms with Gasteiger partial charge in [-0.1, -0.05) is 18.9 Å². The number of nitrogens with one attached hydrogen (secondary N) is 1. The molecule has 0 saturated heterocycles. The fourth-order valence-electron chi connectivity index (χ4n) is 1.33. The highest BCUT2D eigenvalue weighted by Gasteiger charge is 2.16. The minimum absolute atomic E-state index is 0.352. The molecule has 0 fully saturated rings. The highest BCUT2D eigenvalue weighted by atomic mass is 15.6. The van der Waals surface area contributed by atoms with Crippen molar-refractivity contribution in [3.63, 3.8) is 0 Å². The van der Waals surface area contributed by atoms with Crippen LogP contribution in [0.2, 0.25) is 0 Å². The maximum atomic E-state index is 3.92. The van der Waals surface area contributed by atoms with Crippen molar-refractivity contribution in [3.8, 4) is 0 Å². The number of aryl methyl sites for hydroxylation is 1. The van der Waals surface area contributed by atoms with E-state index in [1.165, 1.54) is 0 Å². The summed E-state index contributed by atoms with van der Waals surface area (Å²) in [6, 6.07) is 0.352. The fraction of sp³-hybridized carbons (Fsp3) is 0.889. The SMILES string of the molecule is CC(C)C(CN(C)C)Nc1nnnn1C. The normalized spacial score (nSPS) is 13.5. The molecule has 1 rings (SSSR count). The second-order valence-corrected chi connectivity index (χ2v) is 4.38. The highest BCUT2D eigenvalue weighted by Crippen LogP contribution is 2.09. The van der Waals surface area contributed by atoms with E-state index in [4.69, 9.17) is 0 Å². The maximum Gasteiger partial charge on any atom is 0.242 e. The third kappa shape index (κ3) is 3.47. The summed E-state index contributed by atoms with van der Waals surface area (Å²) in [5.74, 6) is 1.25. The van der Waals surface area contributed by atoms with Crippen LogP contribution in [-0.2, 0) is 7.05 Å². The Labute approximate surface area is 90.6 Å². The topological polar surface area (TPSA) is 58.9 Å². The van der Waals surface area contributed by atoms with E-state index in [-0.39, 0.29) is 0 Å². The smallest absolute Gasteiger partial charge is 0.242 e. The molecule has 1 aromatic rings. The lowest BCUT2D eigenvalue weighted by Crippen LogP contribution is -2.37. The minimum Gasteiger partial charge on any atom is -0.349 e. The molecule has 1 atom stereocenters. The number of anilines is 1. The predicted octanol–water partition coefficient (Wildman–Crippen LogP) is 0.208. The molecule has 86 valence electrons. The van der Waals surface area contributed by atoms with E-state index in [9.17, 15) is 0 Å². The Balaban J connectivity index is 2.63. The number of likely N-dealkylation sites (N-methyl/N-ethyl adjacent to an activating group) is 1. The Morgan fingerprint density at radius 2 is 2.07 bits per heavy atom. The van der Waals surface area contributed by atoms with Crippen LogP contribution >= 0.6 is 0 Å². The summed E-state index contributed by atoms with van der Waals surface area (Å²) >= 11 is 0. The first-order chi connectivity index (χ1) is 7.00. The zero-order valence-electron chi connectivity index (χ0n) is 10.1. The molecule has 0 aliphatic heterocycles. The van der Waals surface area contributed by atoms with Gasteiger partial charge in [-0.05, 0) is 30.4 Å². The summed E-state index contributed by atoms with van der Waals surface area (Å²) < 4.78 is 1.64. The summed E-state index contributed by atoms with van der Waals surface area (Å²) in [4.78, 5) is 2.15. The number of aromatic nitrogens is 4. The van der Waals surface area contributed by atoms with Gasteiger partial charge in [-0.25, -0.2) is 4.68 Å². The lowest BCUT2D eigenvalue weighted by molar-refractivity contribution is 0.343. The van der Waals surface area contributed by atoms with Crippen LogP contribution < -0.4 is 5.32 Å². The van der Waals surface area contributed by atoms with Crippen molar-refractivity contribution >= 4 is 5.95 Å². The van der Waals surface area contributed by atoms with Gasteiger partial charge in [0, 0.05) is 19.6 Å². The molecule has 1 aromatic heterocycles. The Bertz CT molecular complexity index is 293. The van der Waals surface area contributed by atoms with Crippen molar-refractivity contribution in [3.05, 3.63) is 0 Å². The molecule has 0 bridgehead atoms. The summed E-state index contributed by atoms with van der Waals surface area (Å²) in [5, 5.41) is 14.6. The first kappa shape index (κ1) is 11.9. The number of rotatable bonds is 5. The van der Waals surface area contributed by atoms with Gasteiger partial charge in [0.15, 0.2) is 0 Å². The Kier molecular flexibility index (Phi) is 4.02. The van der Waals surface area contributed by atoms with Crippen LogP contribution in [0.1, 0.15) is 13.8 Å². The van der Waals surface area contributed by atoms with E-state index in [0.717, 1.165) is 12.5 Å². The van der Waals surface area contributed by atoms with Crippen LogP contribution in [0.25, 0.3) is 0 Å². The Morgan fingerprint density at radius 3 is 2.47 bits per heavy atom. The van der Waals surface area contributed by atoms with Gasteiger partial charge in [0.2, 0.25) is 5.95 Å². The molecule has 6 nitrogen and oxygen atoms in total. The van der Waals surface area contributed by atoms with Crippen molar-refractivity contribution in [1.82, 2.24) is 25.1 Å². The molecule has 0 aliphatic carbocycles. The monoisotopic (exact) mass is 212 g/mol. The number of nitrogens with zero attached hydrogens (tertiary/aromatic N) is 5. The van der Waals surface area contributed by atoms with Gasteiger partial charge in [0.05, 0.1) is 0 Å². The van der Waals surface area contributed by atoms with Gasteiger partial charge in [0.1, 0.15) is 0 Å². The maximum absolute atomic E-state index is 3.92. The van der Waals surface area contributed by atoms with Crippen LogP contribution in [0.5, 0.6) is 0 Å². The van der Waals surface area contributed by atoms with Gasteiger partial charge in [-0.15, -0.1) is 0 Å². The van der Waals surface area contributed by atoms with Gasteiger partial charge in [-0.2, -0.15) is 0 Å². The Hall–Kier alpha value is -1.17. The first-order valence-electron chi connectivity index (χ1n) is 5.14. The first-order valence-corrected chi connectivity index (χ1v) is 5.14. The lowest BCUT2D eigenvalue weighted by Gasteiger charge is -2.25. The Morgan fingerprint density at radius 1 is 1.40 bits per heavy atom.